The average molecular weight is 305 g/mol. The Bertz CT molecular complexity index is 583. The third kappa shape index (κ3) is 2.72. The molecule has 1 aliphatic heterocycles. The normalized spacial score (nSPS) is 19.1. The van der Waals surface area contributed by atoms with Crippen LogP contribution in [0.25, 0.3) is 0 Å². The number of β-amino-alcohol motifs (C(OH)–C–C–N with tert-alkyl or cyclic N) is 1. The summed E-state index contributed by atoms with van der Waals surface area (Å²) in [6.07, 6.45) is 1.40. The van der Waals surface area contributed by atoms with Crippen LogP contribution in [0.5, 0.6) is 0 Å². The predicted molar refractivity (Wildman–Crippen MR) is 74.5 cm³/mol. The molecular weight excluding hydrogens is 288 g/mol. The van der Waals surface area contributed by atoms with Crippen molar-refractivity contribution in [2.45, 2.75) is 30.3 Å². The molecule has 19 heavy (non-hydrogen) atoms. The molecule has 1 heterocycles. The number of halogens is 1. The van der Waals surface area contributed by atoms with Crippen molar-refractivity contribution in [3.05, 3.63) is 23.2 Å². The molecule has 0 spiro atoms. The monoisotopic (exact) mass is 304 g/mol. The molecule has 7 heteroatoms. The summed E-state index contributed by atoms with van der Waals surface area (Å²) >= 11 is 5.92. The van der Waals surface area contributed by atoms with E-state index in [1.165, 1.54) is 22.5 Å². The molecule has 5 nitrogen and oxygen atoms in total. The lowest BCUT2D eigenvalue weighted by atomic mass is 9.92. The second-order valence-electron chi connectivity index (χ2n) is 4.94. The Morgan fingerprint density at radius 2 is 2.11 bits per heavy atom. The summed E-state index contributed by atoms with van der Waals surface area (Å²) in [6.45, 7) is 2.18. The third-order valence-electron chi connectivity index (χ3n) is 3.23. The Labute approximate surface area is 118 Å². The van der Waals surface area contributed by atoms with E-state index in [2.05, 4.69) is 0 Å². The highest BCUT2D eigenvalue weighted by molar-refractivity contribution is 7.89. The summed E-state index contributed by atoms with van der Waals surface area (Å²) in [6, 6.07) is 4.30. The van der Waals surface area contributed by atoms with Crippen molar-refractivity contribution < 1.29 is 13.5 Å². The molecule has 1 fully saturated rings. The molecule has 1 aromatic rings. The van der Waals surface area contributed by atoms with E-state index in [-0.39, 0.29) is 23.0 Å². The maximum Gasteiger partial charge on any atom is 0.244 e. The molecule has 0 aliphatic carbocycles. The molecular formula is C12H17ClN2O3S. The number of nitrogens with two attached hydrogens (primary N) is 1. The Morgan fingerprint density at radius 1 is 1.47 bits per heavy atom. The fraction of sp³-hybridized carbons (Fsp3) is 0.500. The molecule has 3 N–H and O–H groups in total. The first kappa shape index (κ1) is 14.6. The zero-order valence-corrected chi connectivity index (χ0v) is 12.2. The van der Waals surface area contributed by atoms with Gasteiger partial charge in [0.15, 0.2) is 0 Å². The third-order valence-corrected chi connectivity index (χ3v) is 5.51. The molecule has 0 unspecified atom stereocenters. The van der Waals surface area contributed by atoms with Gasteiger partial charge in [-0.3, -0.25) is 0 Å². The molecule has 106 valence electrons. The summed E-state index contributed by atoms with van der Waals surface area (Å²) in [5.41, 5.74) is 5.05. The molecule has 0 radical (unpaired) electrons. The number of sulfonamides is 1. The van der Waals surface area contributed by atoms with Gasteiger partial charge in [0.25, 0.3) is 0 Å². The minimum atomic E-state index is -3.65. The van der Waals surface area contributed by atoms with Crippen LogP contribution in [0.4, 0.5) is 5.69 Å². The molecule has 1 aromatic carbocycles. The maximum absolute atomic E-state index is 12.3. The van der Waals surface area contributed by atoms with Gasteiger partial charge in [0.2, 0.25) is 10.0 Å². The van der Waals surface area contributed by atoms with Gasteiger partial charge in [-0.2, -0.15) is 4.31 Å². The second-order valence-corrected chi connectivity index (χ2v) is 7.25. The molecule has 0 saturated carbocycles. The van der Waals surface area contributed by atoms with Gasteiger partial charge in [-0.15, -0.1) is 0 Å². The lowest BCUT2D eigenvalue weighted by molar-refractivity contribution is -0.0653. The zero-order chi connectivity index (χ0) is 14.3. The molecule has 0 aromatic heterocycles. The van der Waals surface area contributed by atoms with Crippen LogP contribution in [-0.4, -0.2) is 36.5 Å². The first-order valence-electron chi connectivity index (χ1n) is 6.06. The van der Waals surface area contributed by atoms with Crippen LogP contribution in [0.15, 0.2) is 23.1 Å². The van der Waals surface area contributed by atoms with Crippen LogP contribution in [0.3, 0.4) is 0 Å². The molecule has 1 saturated heterocycles. The quantitative estimate of drug-likeness (QED) is 0.825. The van der Waals surface area contributed by atoms with Crippen LogP contribution >= 0.6 is 11.6 Å². The van der Waals surface area contributed by atoms with E-state index < -0.39 is 15.6 Å². The smallest absolute Gasteiger partial charge is 0.244 e. The highest BCUT2D eigenvalue weighted by atomic mass is 35.5. The number of rotatable bonds is 4. The maximum atomic E-state index is 12.3. The van der Waals surface area contributed by atoms with Crippen molar-refractivity contribution in [3.8, 4) is 0 Å². The number of hydrogen-bond donors (Lipinski definition) is 2. The lowest BCUT2D eigenvalue weighted by Crippen LogP contribution is -2.63. The summed E-state index contributed by atoms with van der Waals surface area (Å²) < 4.78 is 25.9. The Kier molecular flexibility index (Phi) is 3.79. The lowest BCUT2D eigenvalue weighted by Gasteiger charge is -2.45. The highest BCUT2D eigenvalue weighted by Crippen LogP contribution is 2.34. The Balaban J connectivity index is 2.21. The standard InChI is InChI=1S/C12H17ClN2O3S/c1-2-5-12(16)7-15(8-12)19(17,18)11-4-3-9(14)6-10(11)13/h3-4,6,16H,2,5,7-8,14H2,1H3. The van der Waals surface area contributed by atoms with Crippen molar-refractivity contribution >= 4 is 27.3 Å². The summed E-state index contributed by atoms with van der Waals surface area (Å²) in [5.74, 6) is 0. The Morgan fingerprint density at radius 3 is 2.63 bits per heavy atom. The van der Waals surface area contributed by atoms with Crippen LogP contribution in [-0.2, 0) is 10.0 Å². The van der Waals surface area contributed by atoms with Gasteiger partial charge in [0.05, 0.1) is 10.6 Å². The first-order chi connectivity index (χ1) is 8.78. The topological polar surface area (TPSA) is 83.6 Å². The van der Waals surface area contributed by atoms with Crippen molar-refractivity contribution in [1.82, 2.24) is 4.31 Å². The zero-order valence-electron chi connectivity index (χ0n) is 10.6. The molecule has 2 rings (SSSR count). The molecule has 0 atom stereocenters. The fourth-order valence-corrected chi connectivity index (χ4v) is 4.39. The van der Waals surface area contributed by atoms with Gasteiger partial charge in [0.1, 0.15) is 4.90 Å². The largest absolute Gasteiger partial charge is 0.399 e. The van der Waals surface area contributed by atoms with Gasteiger partial charge < -0.3 is 10.8 Å². The van der Waals surface area contributed by atoms with Crippen molar-refractivity contribution in [3.63, 3.8) is 0 Å². The van der Waals surface area contributed by atoms with Crippen LogP contribution < -0.4 is 5.73 Å². The average Bonchev–Trinajstić information content (AvgIpc) is 2.25. The number of anilines is 1. The van der Waals surface area contributed by atoms with E-state index in [0.29, 0.717) is 12.1 Å². The number of nitrogens with zero attached hydrogens (tertiary/aromatic N) is 1. The van der Waals surface area contributed by atoms with E-state index in [1.807, 2.05) is 6.92 Å². The van der Waals surface area contributed by atoms with E-state index in [1.54, 1.807) is 0 Å². The summed E-state index contributed by atoms with van der Waals surface area (Å²) in [5, 5.41) is 10.1. The number of aliphatic hydroxyl groups is 1. The minimum absolute atomic E-state index is 0.0296. The van der Waals surface area contributed by atoms with Gasteiger partial charge in [0, 0.05) is 18.8 Å². The minimum Gasteiger partial charge on any atom is -0.399 e. The van der Waals surface area contributed by atoms with Crippen molar-refractivity contribution in [2.24, 2.45) is 0 Å². The molecule has 1 aliphatic rings. The number of nitrogen functional groups attached to an aromatic ring is 1. The molecule has 0 bridgehead atoms. The van der Waals surface area contributed by atoms with Crippen molar-refractivity contribution in [2.75, 3.05) is 18.8 Å². The van der Waals surface area contributed by atoms with Crippen LogP contribution in [0.1, 0.15) is 19.8 Å². The fourth-order valence-electron chi connectivity index (χ4n) is 2.27. The van der Waals surface area contributed by atoms with E-state index in [4.69, 9.17) is 17.3 Å². The summed E-state index contributed by atoms with van der Waals surface area (Å²) in [4.78, 5) is 0.0296. The summed E-state index contributed by atoms with van der Waals surface area (Å²) in [7, 11) is -3.65. The van der Waals surface area contributed by atoms with Gasteiger partial charge >= 0.3 is 0 Å². The first-order valence-corrected chi connectivity index (χ1v) is 7.88. The molecule has 0 amide bonds. The van der Waals surface area contributed by atoms with Crippen molar-refractivity contribution in [1.29, 1.82) is 0 Å². The highest BCUT2D eigenvalue weighted by Gasteiger charge is 2.46. The number of hydrogen-bond acceptors (Lipinski definition) is 4. The van der Waals surface area contributed by atoms with Gasteiger partial charge in [-0.1, -0.05) is 24.9 Å². The van der Waals surface area contributed by atoms with Crippen LogP contribution in [0.2, 0.25) is 5.02 Å². The van der Waals surface area contributed by atoms with E-state index in [9.17, 15) is 13.5 Å². The SMILES string of the molecule is CCCC1(O)CN(S(=O)(=O)c2ccc(N)cc2Cl)C1. The Hall–Kier alpha value is -0.820. The van der Waals surface area contributed by atoms with Crippen LogP contribution in [0, 0.1) is 0 Å². The van der Waals surface area contributed by atoms with Gasteiger partial charge in [-0.25, -0.2) is 8.42 Å². The van der Waals surface area contributed by atoms with Gasteiger partial charge in [-0.05, 0) is 24.6 Å². The van der Waals surface area contributed by atoms with E-state index in [0.717, 1.165) is 6.42 Å². The van der Waals surface area contributed by atoms with E-state index >= 15 is 0 Å². The second kappa shape index (κ2) is 4.94. The number of benzene rings is 1. The predicted octanol–water partition coefficient (Wildman–Crippen LogP) is 1.46.